The Morgan fingerprint density at radius 3 is 2.51 bits per heavy atom. The van der Waals surface area contributed by atoms with Gasteiger partial charge in [-0.25, -0.2) is 0 Å². The van der Waals surface area contributed by atoms with Gasteiger partial charge in [-0.15, -0.1) is 0 Å². The van der Waals surface area contributed by atoms with Crippen LogP contribution in [-0.2, 0) is 11.2 Å². The number of Topliss-reactive ketones (excluding diaryl/α,β-unsaturated/α-hetero) is 1. The van der Waals surface area contributed by atoms with E-state index in [4.69, 9.17) is 4.74 Å². The number of benzene rings is 2. The zero-order valence-electron chi connectivity index (χ0n) is 21.3. The van der Waals surface area contributed by atoms with E-state index in [9.17, 15) is 9.59 Å². The summed E-state index contributed by atoms with van der Waals surface area (Å²) in [7, 11) is 1.65. The maximum Gasteiger partial charge on any atom is 0.227 e. The lowest BCUT2D eigenvalue weighted by atomic mass is 9.75. The molecule has 4 nitrogen and oxygen atoms in total. The van der Waals surface area contributed by atoms with Gasteiger partial charge >= 0.3 is 0 Å². The highest BCUT2D eigenvalue weighted by Crippen LogP contribution is 2.42. The lowest BCUT2D eigenvalue weighted by Crippen LogP contribution is -2.28. The van der Waals surface area contributed by atoms with Gasteiger partial charge in [-0.3, -0.25) is 9.59 Å². The number of ketones is 1. The summed E-state index contributed by atoms with van der Waals surface area (Å²) < 4.78 is 5.39. The first-order chi connectivity index (χ1) is 17.0. The second kappa shape index (κ2) is 10.6. The highest BCUT2D eigenvalue weighted by atomic mass is 16.5. The van der Waals surface area contributed by atoms with E-state index in [1.807, 2.05) is 25.1 Å². The minimum Gasteiger partial charge on any atom is -0.496 e. The van der Waals surface area contributed by atoms with Crippen molar-refractivity contribution in [3.05, 3.63) is 58.7 Å². The van der Waals surface area contributed by atoms with Crippen LogP contribution in [0.1, 0.15) is 97.2 Å². The number of hydrogen-bond donors (Lipinski definition) is 1. The predicted octanol–water partition coefficient (Wildman–Crippen LogP) is 7.24. The van der Waals surface area contributed by atoms with Crippen LogP contribution in [0, 0.1) is 24.7 Å². The molecule has 4 heteroatoms. The first-order valence-electron chi connectivity index (χ1n) is 13.6. The number of rotatable bonds is 6. The summed E-state index contributed by atoms with van der Waals surface area (Å²) >= 11 is 0. The Morgan fingerprint density at radius 2 is 1.80 bits per heavy atom. The van der Waals surface area contributed by atoms with Crippen LogP contribution in [0.3, 0.4) is 0 Å². The van der Waals surface area contributed by atoms with Crippen molar-refractivity contribution in [2.24, 2.45) is 17.8 Å². The molecule has 35 heavy (non-hydrogen) atoms. The summed E-state index contributed by atoms with van der Waals surface area (Å²) in [6.07, 6.45) is 11.9. The number of aryl methyl sites for hydroxylation is 1. The van der Waals surface area contributed by atoms with Gasteiger partial charge in [0.1, 0.15) is 5.75 Å². The second-order valence-electron chi connectivity index (χ2n) is 11.1. The normalized spacial score (nSPS) is 24.7. The van der Waals surface area contributed by atoms with Crippen molar-refractivity contribution in [1.82, 2.24) is 0 Å². The highest BCUT2D eigenvalue weighted by Gasteiger charge is 2.33. The number of nitrogens with one attached hydrogen (secondary N) is 1. The van der Waals surface area contributed by atoms with Crippen LogP contribution < -0.4 is 10.1 Å². The van der Waals surface area contributed by atoms with Gasteiger partial charge in [-0.2, -0.15) is 0 Å². The van der Waals surface area contributed by atoms with Gasteiger partial charge in [0.2, 0.25) is 5.91 Å². The highest BCUT2D eigenvalue weighted by molar-refractivity contribution is 6.00. The lowest BCUT2D eigenvalue weighted by molar-refractivity contribution is -0.121. The monoisotopic (exact) mass is 473 g/mol. The van der Waals surface area contributed by atoms with Gasteiger partial charge in [0, 0.05) is 29.2 Å². The largest absolute Gasteiger partial charge is 0.496 e. The van der Waals surface area contributed by atoms with Crippen molar-refractivity contribution in [3.8, 4) is 5.75 Å². The molecule has 1 unspecified atom stereocenters. The molecule has 5 rings (SSSR count). The van der Waals surface area contributed by atoms with E-state index in [0.717, 1.165) is 73.9 Å². The van der Waals surface area contributed by atoms with E-state index in [2.05, 4.69) is 23.5 Å². The van der Waals surface area contributed by atoms with Crippen molar-refractivity contribution < 1.29 is 14.3 Å². The van der Waals surface area contributed by atoms with Gasteiger partial charge in [0.05, 0.1) is 7.11 Å². The molecule has 0 saturated heterocycles. The Labute approximate surface area is 209 Å². The lowest BCUT2D eigenvalue weighted by Gasteiger charge is -2.30. The molecule has 2 aromatic carbocycles. The Bertz CT molecular complexity index is 1080. The summed E-state index contributed by atoms with van der Waals surface area (Å²) in [5, 5.41) is 3.09. The predicted molar refractivity (Wildman–Crippen MR) is 140 cm³/mol. The maximum absolute atomic E-state index is 13.6. The Kier molecular flexibility index (Phi) is 7.27. The Hall–Kier alpha value is -2.62. The van der Waals surface area contributed by atoms with E-state index in [-0.39, 0.29) is 17.7 Å². The van der Waals surface area contributed by atoms with Crippen LogP contribution in [0.5, 0.6) is 5.75 Å². The van der Waals surface area contributed by atoms with Crippen molar-refractivity contribution in [2.45, 2.75) is 83.5 Å². The van der Waals surface area contributed by atoms with Crippen LogP contribution in [0.2, 0.25) is 0 Å². The van der Waals surface area contributed by atoms with Crippen LogP contribution >= 0.6 is 0 Å². The third kappa shape index (κ3) is 5.17. The standard InChI is InChI=1S/C31H39NO3/c1-20-12-17-25(19-29(20)35-2)32-31(34)23-15-13-21(14-16-23)18-24-8-4-10-27-26(22-6-3-7-22)9-5-11-28(27)30(24)33/h5,9,11-12,17,19,21-24H,3-4,6-8,10,13-16,18H2,1-2H3,(H,32,34). The van der Waals surface area contributed by atoms with E-state index < -0.39 is 0 Å². The third-order valence-corrected chi connectivity index (χ3v) is 8.88. The van der Waals surface area contributed by atoms with Crippen molar-refractivity contribution in [1.29, 1.82) is 0 Å². The number of hydrogen-bond acceptors (Lipinski definition) is 3. The van der Waals surface area contributed by atoms with Crippen molar-refractivity contribution >= 4 is 17.4 Å². The number of methoxy groups -OCH3 is 1. The van der Waals surface area contributed by atoms with E-state index in [1.165, 1.54) is 30.4 Å². The average molecular weight is 474 g/mol. The smallest absolute Gasteiger partial charge is 0.227 e. The summed E-state index contributed by atoms with van der Waals surface area (Å²) in [6.45, 7) is 2.00. The van der Waals surface area contributed by atoms with E-state index >= 15 is 0 Å². The molecule has 0 aromatic heterocycles. The molecule has 2 aromatic rings. The zero-order valence-corrected chi connectivity index (χ0v) is 21.3. The molecule has 1 amide bonds. The number of fused-ring (bicyclic) bond motifs is 1. The first kappa shape index (κ1) is 24.1. The molecule has 2 fully saturated rings. The SMILES string of the molecule is COc1cc(NC(=O)C2CCC(CC3CCCc4c(cccc4C4CCC4)C3=O)CC2)ccc1C. The Morgan fingerprint density at radius 1 is 1.00 bits per heavy atom. The zero-order chi connectivity index (χ0) is 24.4. The molecule has 3 aliphatic rings. The second-order valence-corrected chi connectivity index (χ2v) is 11.1. The number of carbonyl (C=O) groups is 2. The summed E-state index contributed by atoms with van der Waals surface area (Å²) in [5.74, 6) is 2.70. The van der Waals surface area contributed by atoms with Gasteiger partial charge in [0.15, 0.2) is 5.78 Å². The maximum atomic E-state index is 13.6. The molecule has 0 radical (unpaired) electrons. The molecule has 3 aliphatic carbocycles. The molecular weight excluding hydrogens is 434 g/mol. The minimum absolute atomic E-state index is 0.0501. The fraction of sp³-hybridized carbons (Fsp3) is 0.548. The fourth-order valence-corrected chi connectivity index (χ4v) is 6.52. The molecule has 0 bridgehead atoms. The molecule has 1 atom stereocenters. The van der Waals surface area contributed by atoms with Crippen molar-refractivity contribution in [2.75, 3.05) is 12.4 Å². The quantitative estimate of drug-likeness (QED) is 0.450. The fourth-order valence-electron chi connectivity index (χ4n) is 6.52. The van der Waals surface area contributed by atoms with Gasteiger partial charge < -0.3 is 10.1 Å². The molecule has 0 aliphatic heterocycles. The number of ether oxygens (including phenoxy) is 1. The third-order valence-electron chi connectivity index (χ3n) is 8.88. The van der Waals surface area contributed by atoms with Crippen LogP contribution in [0.15, 0.2) is 36.4 Å². The van der Waals surface area contributed by atoms with Gasteiger partial charge in [-0.1, -0.05) is 30.7 Å². The summed E-state index contributed by atoms with van der Waals surface area (Å²) in [4.78, 5) is 26.5. The molecule has 2 saturated carbocycles. The Balaban J connectivity index is 1.17. The molecule has 1 N–H and O–H groups in total. The molecule has 0 heterocycles. The number of anilines is 1. The molecule has 186 valence electrons. The molecular formula is C31H39NO3. The minimum atomic E-state index is 0.0501. The number of amides is 1. The van der Waals surface area contributed by atoms with Crippen LogP contribution in [0.4, 0.5) is 5.69 Å². The summed E-state index contributed by atoms with van der Waals surface area (Å²) in [5.41, 5.74) is 5.68. The van der Waals surface area contributed by atoms with Gasteiger partial charge in [-0.05, 0) is 106 Å². The number of carbonyl (C=O) groups excluding carboxylic acids is 2. The topological polar surface area (TPSA) is 55.4 Å². The van der Waals surface area contributed by atoms with Crippen LogP contribution in [-0.4, -0.2) is 18.8 Å². The van der Waals surface area contributed by atoms with E-state index in [0.29, 0.717) is 17.6 Å². The first-order valence-corrected chi connectivity index (χ1v) is 13.6. The van der Waals surface area contributed by atoms with Crippen molar-refractivity contribution in [3.63, 3.8) is 0 Å². The molecule has 0 spiro atoms. The summed E-state index contributed by atoms with van der Waals surface area (Å²) in [6, 6.07) is 12.3. The van der Waals surface area contributed by atoms with Crippen LogP contribution in [0.25, 0.3) is 0 Å². The van der Waals surface area contributed by atoms with E-state index in [1.54, 1.807) is 7.11 Å². The van der Waals surface area contributed by atoms with Gasteiger partial charge in [0.25, 0.3) is 0 Å². The average Bonchev–Trinajstić information content (AvgIpc) is 2.99.